The molecule has 0 bridgehead atoms. The van der Waals surface area contributed by atoms with Crippen LogP contribution in [0.25, 0.3) is 0 Å². The molecule has 0 saturated heterocycles. The SMILES string of the molecule is NC(=O)N(CCNC(=O)c1ccccc1CNC(=O)C[O])c1ccccn1. The number of carbonyl (C=O) groups excluding carboxylic acids is 3. The van der Waals surface area contributed by atoms with E-state index in [2.05, 4.69) is 15.6 Å². The number of nitrogens with zero attached hydrogens (tertiary/aromatic N) is 2. The molecule has 0 unspecified atom stereocenters. The number of nitrogens with two attached hydrogens (primary N) is 1. The average molecular weight is 370 g/mol. The van der Waals surface area contributed by atoms with Crippen molar-refractivity contribution in [2.75, 3.05) is 24.6 Å². The standard InChI is InChI=1S/C18H20N5O4/c19-18(27)23(15-7-3-4-8-20-15)10-9-21-17(26)14-6-2-1-5-13(14)11-22-16(25)12-24/h1-8H,9-12H2,(H2,19,27)(H,21,26)(H,22,25). The van der Waals surface area contributed by atoms with Gasteiger partial charge in [0.25, 0.3) is 5.91 Å². The molecule has 4 N–H and O–H groups in total. The van der Waals surface area contributed by atoms with Gasteiger partial charge in [0.05, 0.1) is 0 Å². The molecule has 0 saturated carbocycles. The first-order valence-corrected chi connectivity index (χ1v) is 8.22. The predicted octanol–water partition coefficient (Wildman–Crippen LogP) is 0.443. The van der Waals surface area contributed by atoms with Crippen LogP contribution in [0, 0.1) is 0 Å². The highest BCUT2D eigenvalue weighted by molar-refractivity contribution is 5.96. The van der Waals surface area contributed by atoms with Gasteiger partial charge in [-0.3, -0.25) is 14.5 Å². The molecule has 0 fully saturated rings. The van der Waals surface area contributed by atoms with E-state index in [0.29, 0.717) is 16.9 Å². The van der Waals surface area contributed by atoms with Gasteiger partial charge in [0.2, 0.25) is 5.91 Å². The van der Waals surface area contributed by atoms with Crippen molar-refractivity contribution in [1.82, 2.24) is 15.6 Å². The number of nitrogens with one attached hydrogen (secondary N) is 2. The fourth-order valence-corrected chi connectivity index (χ4v) is 2.37. The van der Waals surface area contributed by atoms with E-state index in [1.165, 1.54) is 11.1 Å². The van der Waals surface area contributed by atoms with Gasteiger partial charge in [0, 0.05) is 31.4 Å². The minimum absolute atomic E-state index is 0.0754. The summed E-state index contributed by atoms with van der Waals surface area (Å²) in [4.78, 5) is 40.5. The Bertz CT molecular complexity index is 797. The molecule has 1 radical (unpaired) electrons. The number of pyridine rings is 1. The highest BCUT2D eigenvalue weighted by Crippen LogP contribution is 2.10. The van der Waals surface area contributed by atoms with E-state index in [0.717, 1.165) is 0 Å². The van der Waals surface area contributed by atoms with Gasteiger partial charge in [-0.2, -0.15) is 0 Å². The highest BCUT2D eigenvalue weighted by Gasteiger charge is 2.15. The van der Waals surface area contributed by atoms with E-state index in [1.54, 1.807) is 42.5 Å². The lowest BCUT2D eigenvalue weighted by molar-refractivity contribution is -0.125. The summed E-state index contributed by atoms with van der Waals surface area (Å²) < 4.78 is 0. The Hall–Kier alpha value is -3.46. The molecule has 0 aliphatic rings. The van der Waals surface area contributed by atoms with Crippen molar-refractivity contribution < 1.29 is 19.5 Å². The molecule has 9 nitrogen and oxygen atoms in total. The topological polar surface area (TPSA) is 137 Å². The van der Waals surface area contributed by atoms with Crippen molar-refractivity contribution in [3.63, 3.8) is 0 Å². The second kappa shape index (κ2) is 9.88. The summed E-state index contributed by atoms with van der Waals surface area (Å²) in [6.45, 7) is -0.496. The molecule has 0 aliphatic carbocycles. The summed E-state index contributed by atoms with van der Waals surface area (Å²) in [6.07, 6.45) is 1.54. The van der Waals surface area contributed by atoms with Gasteiger partial charge in [-0.15, -0.1) is 0 Å². The summed E-state index contributed by atoms with van der Waals surface area (Å²) in [7, 11) is 0. The lowest BCUT2D eigenvalue weighted by Crippen LogP contribution is -2.42. The van der Waals surface area contributed by atoms with Crippen LogP contribution in [0.3, 0.4) is 0 Å². The smallest absolute Gasteiger partial charge is 0.320 e. The quantitative estimate of drug-likeness (QED) is 0.621. The molecule has 0 atom stereocenters. The number of urea groups is 1. The molecule has 141 valence electrons. The van der Waals surface area contributed by atoms with E-state index in [-0.39, 0.29) is 25.5 Å². The van der Waals surface area contributed by atoms with Crippen LogP contribution in [0.4, 0.5) is 10.6 Å². The minimum atomic E-state index is -0.870. The van der Waals surface area contributed by atoms with Gasteiger partial charge in [0.15, 0.2) is 6.61 Å². The molecule has 2 aromatic rings. The Labute approximate surface area is 156 Å². The number of benzene rings is 1. The molecule has 1 aromatic heterocycles. The normalized spacial score (nSPS) is 10.1. The van der Waals surface area contributed by atoms with Crippen LogP contribution in [0.15, 0.2) is 48.7 Å². The van der Waals surface area contributed by atoms with Gasteiger partial charge >= 0.3 is 6.03 Å². The zero-order chi connectivity index (χ0) is 19.6. The van der Waals surface area contributed by atoms with Crippen molar-refractivity contribution in [2.24, 2.45) is 5.73 Å². The third-order valence-corrected chi connectivity index (χ3v) is 3.68. The van der Waals surface area contributed by atoms with Gasteiger partial charge in [-0.05, 0) is 23.8 Å². The van der Waals surface area contributed by atoms with E-state index < -0.39 is 18.5 Å². The summed E-state index contributed by atoms with van der Waals surface area (Å²) >= 11 is 0. The molecule has 9 heteroatoms. The number of aromatic nitrogens is 1. The van der Waals surface area contributed by atoms with Gasteiger partial charge in [0.1, 0.15) is 5.82 Å². The molecule has 0 spiro atoms. The molecular formula is C18H20N5O4. The molecule has 4 amide bonds. The van der Waals surface area contributed by atoms with Crippen molar-refractivity contribution in [3.8, 4) is 0 Å². The van der Waals surface area contributed by atoms with Crippen LogP contribution in [0.5, 0.6) is 0 Å². The van der Waals surface area contributed by atoms with Gasteiger partial charge < -0.3 is 16.4 Å². The number of rotatable bonds is 8. The Morgan fingerprint density at radius 3 is 2.44 bits per heavy atom. The first-order valence-electron chi connectivity index (χ1n) is 8.22. The first kappa shape index (κ1) is 19.9. The first-order chi connectivity index (χ1) is 13.0. The van der Waals surface area contributed by atoms with Crippen molar-refractivity contribution in [2.45, 2.75) is 6.54 Å². The van der Waals surface area contributed by atoms with Crippen molar-refractivity contribution in [1.29, 1.82) is 0 Å². The van der Waals surface area contributed by atoms with Crippen LogP contribution < -0.4 is 21.3 Å². The highest BCUT2D eigenvalue weighted by atomic mass is 16.3. The maximum absolute atomic E-state index is 12.4. The summed E-state index contributed by atoms with van der Waals surface area (Å²) in [6, 6.07) is 11.1. The molecule has 27 heavy (non-hydrogen) atoms. The van der Waals surface area contributed by atoms with Crippen LogP contribution in [-0.4, -0.2) is 42.5 Å². The van der Waals surface area contributed by atoms with Crippen LogP contribution in [0.1, 0.15) is 15.9 Å². The number of hydrogen-bond donors (Lipinski definition) is 3. The largest absolute Gasteiger partial charge is 0.351 e. The Balaban J connectivity index is 1.97. The van der Waals surface area contributed by atoms with E-state index in [1.807, 2.05) is 0 Å². The Kier molecular flexibility index (Phi) is 7.26. The van der Waals surface area contributed by atoms with Crippen molar-refractivity contribution >= 4 is 23.7 Å². The molecule has 1 aromatic carbocycles. The number of carbonyl (C=O) groups is 3. The Morgan fingerprint density at radius 2 is 1.78 bits per heavy atom. The lowest BCUT2D eigenvalue weighted by Gasteiger charge is -2.19. The molecule has 2 rings (SSSR count). The Morgan fingerprint density at radius 1 is 1.04 bits per heavy atom. The maximum atomic E-state index is 12.4. The fourth-order valence-electron chi connectivity index (χ4n) is 2.37. The zero-order valence-corrected chi connectivity index (χ0v) is 14.6. The van der Waals surface area contributed by atoms with Crippen LogP contribution >= 0.6 is 0 Å². The number of anilines is 1. The molecule has 0 aliphatic heterocycles. The van der Waals surface area contributed by atoms with Gasteiger partial charge in [-0.25, -0.2) is 14.9 Å². The molecular weight excluding hydrogens is 350 g/mol. The van der Waals surface area contributed by atoms with Crippen LogP contribution in [-0.2, 0) is 16.4 Å². The second-order valence-electron chi connectivity index (χ2n) is 5.51. The van der Waals surface area contributed by atoms with Crippen LogP contribution in [0.2, 0.25) is 0 Å². The maximum Gasteiger partial charge on any atom is 0.320 e. The summed E-state index contributed by atoms with van der Waals surface area (Å²) in [5.41, 5.74) is 6.32. The lowest BCUT2D eigenvalue weighted by atomic mass is 10.1. The minimum Gasteiger partial charge on any atom is -0.351 e. The monoisotopic (exact) mass is 370 g/mol. The van der Waals surface area contributed by atoms with Crippen molar-refractivity contribution in [3.05, 3.63) is 59.8 Å². The molecule has 1 heterocycles. The third-order valence-electron chi connectivity index (χ3n) is 3.68. The number of primary amides is 1. The van der Waals surface area contributed by atoms with Gasteiger partial charge in [-0.1, -0.05) is 24.3 Å². The van der Waals surface area contributed by atoms with E-state index in [4.69, 9.17) is 5.73 Å². The third kappa shape index (κ3) is 5.79. The van der Waals surface area contributed by atoms with E-state index >= 15 is 0 Å². The number of amides is 4. The summed E-state index contributed by atoms with van der Waals surface area (Å²) in [5.74, 6) is -0.620. The fraction of sp³-hybridized carbons (Fsp3) is 0.222. The average Bonchev–Trinajstić information content (AvgIpc) is 2.69. The second-order valence-corrected chi connectivity index (χ2v) is 5.51. The van der Waals surface area contributed by atoms with E-state index in [9.17, 15) is 19.5 Å². The number of hydrogen-bond acceptors (Lipinski definition) is 4. The summed E-state index contributed by atoms with van der Waals surface area (Å²) in [5, 5.41) is 15.7. The predicted molar refractivity (Wildman–Crippen MR) is 97.3 cm³/mol. The zero-order valence-electron chi connectivity index (χ0n) is 14.6.